The molecule has 0 spiro atoms. The molecule has 0 radical (unpaired) electrons. The van der Waals surface area contributed by atoms with Gasteiger partial charge in [0, 0.05) is 18.7 Å². The number of rotatable bonds is 4. The Morgan fingerprint density at radius 2 is 1.67 bits per heavy atom. The molecular formula is C14H10F2N2O3. The molecule has 0 bridgehead atoms. The number of halogens is 2. The average Bonchev–Trinajstić information content (AvgIpc) is 2.45. The predicted octanol–water partition coefficient (Wildman–Crippen LogP) is 2.80. The Morgan fingerprint density at radius 3 is 2.19 bits per heavy atom. The fourth-order valence-electron chi connectivity index (χ4n) is 1.72. The van der Waals surface area contributed by atoms with E-state index in [0.717, 1.165) is 18.2 Å². The number of hydrogen-bond donors (Lipinski definition) is 1. The topological polar surface area (TPSA) is 72.2 Å². The van der Waals surface area contributed by atoms with Gasteiger partial charge < -0.3 is 5.32 Å². The minimum atomic E-state index is -0.948. The second-order valence-corrected chi connectivity index (χ2v) is 4.20. The highest BCUT2D eigenvalue weighted by molar-refractivity contribution is 5.94. The van der Waals surface area contributed by atoms with Crippen LogP contribution in [0.4, 0.5) is 14.5 Å². The minimum Gasteiger partial charge on any atom is -0.348 e. The third-order valence-corrected chi connectivity index (χ3v) is 2.79. The Kier molecular flexibility index (Phi) is 4.22. The molecule has 0 saturated carbocycles. The summed E-state index contributed by atoms with van der Waals surface area (Å²) in [6.07, 6.45) is 0. The summed E-state index contributed by atoms with van der Waals surface area (Å²) in [7, 11) is 0. The summed E-state index contributed by atoms with van der Waals surface area (Å²) >= 11 is 0. The third kappa shape index (κ3) is 3.38. The normalized spacial score (nSPS) is 10.2. The number of non-ortho nitro benzene ring substituents is 1. The summed E-state index contributed by atoms with van der Waals surface area (Å²) in [4.78, 5) is 21.7. The van der Waals surface area contributed by atoms with Crippen molar-refractivity contribution in [1.29, 1.82) is 0 Å². The van der Waals surface area contributed by atoms with E-state index in [1.54, 1.807) is 0 Å². The zero-order valence-corrected chi connectivity index (χ0v) is 10.7. The molecule has 0 aliphatic rings. The largest absolute Gasteiger partial charge is 0.348 e. The van der Waals surface area contributed by atoms with Crippen LogP contribution in [0.15, 0.2) is 42.5 Å². The molecule has 1 N–H and O–H groups in total. The Morgan fingerprint density at radius 1 is 1.10 bits per heavy atom. The van der Waals surface area contributed by atoms with Crippen molar-refractivity contribution >= 4 is 11.6 Å². The van der Waals surface area contributed by atoms with Gasteiger partial charge in [0.05, 0.1) is 4.92 Å². The molecule has 0 aliphatic heterocycles. The molecule has 2 aromatic carbocycles. The highest BCUT2D eigenvalue weighted by atomic mass is 19.1. The van der Waals surface area contributed by atoms with Crippen LogP contribution in [0, 0.1) is 21.7 Å². The molecule has 0 heterocycles. The van der Waals surface area contributed by atoms with Crippen LogP contribution in [0.5, 0.6) is 0 Å². The molecule has 5 nitrogen and oxygen atoms in total. The molecular weight excluding hydrogens is 282 g/mol. The molecule has 0 aromatic heterocycles. The quantitative estimate of drug-likeness (QED) is 0.695. The SMILES string of the molecule is O=C(NCc1ccc([N+](=O)[O-])cc1)c1c(F)cccc1F. The lowest BCUT2D eigenvalue weighted by molar-refractivity contribution is -0.384. The molecule has 2 rings (SSSR count). The smallest absolute Gasteiger partial charge is 0.269 e. The standard InChI is InChI=1S/C14H10F2N2O3/c15-11-2-1-3-12(16)13(11)14(19)17-8-9-4-6-10(7-5-9)18(20)21/h1-7H,8H2,(H,17,19). The van der Waals surface area contributed by atoms with Gasteiger partial charge in [-0.3, -0.25) is 14.9 Å². The molecule has 2 aromatic rings. The van der Waals surface area contributed by atoms with Crippen LogP contribution >= 0.6 is 0 Å². The van der Waals surface area contributed by atoms with Crippen LogP contribution in [-0.4, -0.2) is 10.8 Å². The van der Waals surface area contributed by atoms with E-state index in [-0.39, 0.29) is 12.2 Å². The number of nitrogens with one attached hydrogen (secondary N) is 1. The molecule has 1 amide bonds. The maximum atomic E-state index is 13.4. The van der Waals surface area contributed by atoms with E-state index in [0.29, 0.717) is 5.56 Å². The van der Waals surface area contributed by atoms with E-state index < -0.39 is 28.0 Å². The van der Waals surface area contributed by atoms with Crippen LogP contribution in [0.25, 0.3) is 0 Å². The van der Waals surface area contributed by atoms with Gasteiger partial charge in [0.25, 0.3) is 11.6 Å². The van der Waals surface area contributed by atoms with Crippen molar-refractivity contribution in [3.8, 4) is 0 Å². The number of benzene rings is 2. The second-order valence-electron chi connectivity index (χ2n) is 4.20. The second kappa shape index (κ2) is 6.08. The number of carbonyl (C=O) groups excluding carboxylic acids is 1. The summed E-state index contributed by atoms with van der Waals surface area (Å²) in [5, 5.41) is 12.8. The van der Waals surface area contributed by atoms with E-state index in [9.17, 15) is 23.7 Å². The molecule has 0 aliphatic carbocycles. The third-order valence-electron chi connectivity index (χ3n) is 2.79. The lowest BCUT2D eigenvalue weighted by Crippen LogP contribution is -2.25. The number of amides is 1. The van der Waals surface area contributed by atoms with Gasteiger partial charge in [-0.2, -0.15) is 0 Å². The van der Waals surface area contributed by atoms with Crippen molar-refractivity contribution in [3.05, 3.63) is 75.3 Å². The average molecular weight is 292 g/mol. The number of carbonyl (C=O) groups is 1. The number of nitro groups is 1. The van der Waals surface area contributed by atoms with E-state index in [1.165, 1.54) is 24.3 Å². The first kappa shape index (κ1) is 14.6. The van der Waals surface area contributed by atoms with E-state index in [1.807, 2.05) is 0 Å². The van der Waals surface area contributed by atoms with Gasteiger partial charge in [-0.25, -0.2) is 8.78 Å². The first-order valence-electron chi connectivity index (χ1n) is 5.94. The molecule has 7 heteroatoms. The summed E-state index contributed by atoms with van der Waals surface area (Å²) in [6.45, 7) is 0.00457. The van der Waals surface area contributed by atoms with Gasteiger partial charge >= 0.3 is 0 Å². The first-order valence-corrected chi connectivity index (χ1v) is 5.94. The van der Waals surface area contributed by atoms with E-state index in [4.69, 9.17) is 0 Å². The van der Waals surface area contributed by atoms with Crippen molar-refractivity contribution in [2.45, 2.75) is 6.54 Å². The molecule has 0 fully saturated rings. The monoisotopic (exact) mass is 292 g/mol. The lowest BCUT2D eigenvalue weighted by atomic mass is 10.1. The van der Waals surface area contributed by atoms with Crippen LogP contribution in [0.2, 0.25) is 0 Å². The molecule has 0 saturated heterocycles. The predicted molar refractivity (Wildman–Crippen MR) is 70.6 cm³/mol. The Balaban J connectivity index is 2.06. The summed E-state index contributed by atoms with van der Waals surface area (Å²) in [5.74, 6) is -2.78. The van der Waals surface area contributed by atoms with Crippen molar-refractivity contribution in [3.63, 3.8) is 0 Å². The van der Waals surface area contributed by atoms with E-state index in [2.05, 4.69) is 5.32 Å². The maximum absolute atomic E-state index is 13.4. The van der Waals surface area contributed by atoms with Crippen molar-refractivity contribution < 1.29 is 18.5 Å². The first-order chi connectivity index (χ1) is 9.99. The zero-order valence-electron chi connectivity index (χ0n) is 10.7. The van der Waals surface area contributed by atoms with Crippen LogP contribution in [0.3, 0.4) is 0 Å². The zero-order chi connectivity index (χ0) is 15.4. The number of nitro benzene ring substituents is 1. The van der Waals surface area contributed by atoms with Crippen molar-refractivity contribution in [1.82, 2.24) is 5.32 Å². The Labute approximate surface area is 118 Å². The maximum Gasteiger partial charge on any atom is 0.269 e. The molecule has 21 heavy (non-hydrogen) atoms. The number of hydrogen-bond acceptors (Lipinski definition) is 3. The summed E-state index contributed by atoms with van der Waals surface area (Å²) in [5.41, 5.74) is -0.157. The van der Waals surface area contributed by atoms with Crippen LogP contribution < -0.4 is 5.32 Å². The summed E-state index contributed by atoms with van der Waals surface area (Å²) < 4.78 is 26.8. The van der Waals surface area contributed by atoms with Gasteiger partial charge in [0.1, 0.15) is 17.2 Å². The molecule has 0 unspecified atom stereocenters. The van der Waals surface area contributed by atoms with Gasteiger partial charge in [0.2, 0.25) is 0 Å². The highest BCUT2D eigenvalue weighted by Gasteiger charge is 2.16. The fraction of sp³-hybridized carbons (Fsp3) is 0.0714. The number of nitrogens with zero attached hydrogens (tertiary/aromatic N) is 1. The van der Waals surface area contributed by atoms with Crippen LogP contribution in [0.1, 0.15) is 15.9 Å². The van der Waals surface area contributed by atoms with Gasteiger partial charge in [-0.15, -0.1) is 0 Å². The van der Waals surface area contributed by atoms with Crippen molar-refractivity contribution in [2.75, 3.05) is 0 Å². The van der Waals surface area contributed by atoms with Gasteiger partial charge in [-0.05, 0) is 17.7 Å². The molecule has 0 atom stereocenters. The van der Waals surface area contributed by atoms with Crippen LogP contribution in [-0.2, 0) is 6.54 Å². The van der Waals surface area contributed by atoms with Crippen molar-refractivity contribution in [2.24, 2.45) is 0 Å². The fourth-order valence-corrected chi connectivity index (χ4v) is 1.72. The van der Waals surface area contributed by atoms with Gasteiger partial charge in [-0.1, -0.05) is 18.2 Å². The Bertz CT molecular complexity index is 667. The molecule has 108 valence electrons. The Hall–Kier alpha value is -2.83. The minimum absolute atomic E-state index is 0.00457. The van der Waals surface area contributed by atoms with Gasteiger partial charge in [0.15, 0.2) is 0 Å². The summed E-state index contributed by atoms with van der Waals surface area (Å²) in [6, 6.07) is 8.62. The van der Waals surface area contributed by atoms with E-state index >= 15 is 0 Å². The highest BCUT2D eigenvalue weighted by Crippen LogP contribution is 2.14. The lowest BCUT2D eigenvalue weighted by Gasteiger charge is -2.07.